The van der Waals surface area contributed by atoms with Gasteiger partial charge >= 0.3 is 18.2 Å². The summed E-state index contributed by atoms with van der Waals surface area (Å²) in [6.07, 6.45) is -6.47. The highest BCUT2D eigenvalue weighted by atomic mass is 19.4. The number of alkyl carbamates (subject to hydrolysis) is 1. The van der Waals surface area contributed by atoms with Gasteiger partial charge in [-0.3, -0.25) is 4.79 Å². The molecule has 10 heteroatoms. The van der Waals surface area contributed by atoms with Crippen molar-refractivity contribution < 1.29 is 37.4 Å². The summed E-state index contributed by atoms with van der Waals surface area (Å²) in [5, 5.41) is 11.2. The van der Waals surface area contributed by atoms with Crippen molar-refractivity contribution in [2.75, 3.05) is 13.7 Å². The number of carbonyl (C=O) groups excluding carboxylic acids is 2. The number of benzene rings is 2. The summed E-state index contributed by atoms with van der Waals surface area (Å²) in [5.74, 6) is -2.61. The molecule has 35 heavy (non-hydrogen) atoms. The molecule has 2 amide bonds. The Hall–Kier alpha value is -3.56. The summed E-state index contributed by atoms with van der Waals surface area (Å²) < 4.78 is 46.1. The number of amides is 2. The molecule has 0 bridgehead atoms. The average Bonchev–Trinajstić information content (AvgIpc) is 3.09. The van der Waals surface area contributed by atoms with E-state index < -0.39 is 42.1 Å². The quantitative estimate of drug-likeness (QED) is 0.603. The maximum Gasteiger partial charge on any atom is 0.409 e. The number of fused-ring (bicyclic) bond motifs is 3. The Bertz CT molecular complexity index is 1100. The van der Waals surface area contributed by atoms with Crippen LogP contribution in [0.25, 0.3) is 11.1 Å². The Morgan fingerprint density at radius 1 is 1.09 bits per heavy atom. The number of alkyl halides is 3. The Labute approximate surface area is 199 Å². The molecular formula is C25H25F3N2O5. The molecule has 2 N–H and O–H groups in total. The van der Waals surface area contributed by atoms with Crippen LogP contribution in [0.2, 0.25) is 0 Å². The third-order valence-electron chi connectivity index (χ3n) is 7.00. The number of aliphatic carboxylic acids is 1. The van der Waals surface area contributed by atoms with Crippen molar-refractivity contribution in [1.29, 1.82) is 0 Å². The molecule has 0 saturated heterocycles. The zero-order chi connectivity index (χ0) is 25.4. The lowest BCUT2D eigenvalue weighted by molar-refractivity contribution is -0.172. The van der Waals surface area contributed by atoms with E-state index in [0.29, 0.717) is 6.42 Å². The van der Waals surface area contributed by atoms with Crippen LogP contribution in [0.15, 0.2) is 48.5 Å². The fraction of sp³-hybridized carbons (Fsp3) is 0.400. The van der Waals surface area contributed by atoms with Crippen molar-refractivity contribution in [3.05, 3.63) is 59.7 Å². The van der Waals surface area contributed by atoms with Gasteiger partial charge in [0.15, 0.2) is 0 Å². The summed E-state index contributed by atoms with van der Waals surface area (Å²) in [6, 6.07) is 12.6. The largest absolute Gasteiger partial charge is 0.479 e. The van der Waals surface area contributed by atoms with Gasteiger partial charge in [-0.1, -0.05) is 48.5 Å². The average molecular weight is 490 g/mol. The number of nitrogens with zero attached hydrogens (tertiary/aromatic N) is 1. The number of carboxylic acids is 1. The van der Waals surface area contributed by atoms with Gasteiger partial charge in [-0.2, -0.15) is 13.2 Å². The van der Waals surface area contributed by atoms with Crippen LogP contribution in [0.4, 0.5) is 18.0 Å². The number of likely N-dealkylation sites (N-methyl/N-ethyl adjacent to an activating group) is 1. The lowest BCUT2D eigenvalue weighted by Gasteiger charge is -2.45. The minimum absolute atomic E-state index is 0.168. The number of carboxylic acid groups (broad SMARTS) is 1. The highest BCUT2D eigenvalue weighted by Gasteiger charge is 2.51. The van der Waals surface area contributed by atoms with E-state index in [9.17, 15) is 32.7 Å². The molecular weight excluding hydrogens is 465 g/mol. The van der Waals surface area contributed by atoms with Gasteiger partial charge in [-0.15, -0.1) is 0 Å². The Balaban J connectivity index is 1.42. The molecule has 1 atom stereocenters. The molecule has 2 aromatic rings. The number of halogens is 3. The summed E-state index contributed by atoms with van der Waals surface area (Å²) in [5.41, 5.74) is 2.26. The van der Waals surface area contributed by atoms with E-state index in [4.69, 9.17) is 4.74 Å². The van der Waals surface area contributed by atoms with Crippen LogP contribution in [0.1, 0.15) is 42.7 Å². The lowest BCUT2D eigenvalue weighted by atomic mass is 9.75. The van der Waals surface area contributed by atoms with E-state index in [1.807, 2.05) is 48.5 Å². The zero-order valence-corrected chi connectivity index (χ0v) is 19.0. The van der Waals surface area contributed by atoms with Gasteiger partial charge < -0.3 is 20.1 Å². The molecule has 0 spiro atoms. The fourth-order valence-electron chi connectivity index (χ4n) is 4.79. The SMILES string of the molecule is CN(C(=O)CC(NC(=O)OCC1c2ccccc2-c2ccccc21)C(F)(F)F)C1(C(=O)O)CCC1. The van der Waals surface area contributed by atoms with Crippen molar-refractivity contribution >= 4 is 18.0 Å². The fourth-order valence-corrected chi connectivity index (χ4v) is 4.79. The third kappa shape index (κ3) is 4.56. The van der Waals surface area contributed by atoms with Gasteiger partial charge in [-0.05, 0) is 41.5 Å². The van der Waals surface area contributed by atoms with E-state index in [1.165, 1.54) is 7.05 Å². The first-order valence-electron chi connectivity index (χ1n) is 11.2. The number of hydrogen-bond acceptors (Lipinski definition) is 4. The second kappa shape index (κ2) is 9.24. The molecule has 0 heterocycles. The first kappa shape index (κ1) is 24.6. The van der Waals surface area contributed by atoms with E-state index in [2.05, 4.69) is 0 Å². The van der Waals surface area contributed by atoms with Crippen molar-refractivity contribution in [2.24, 2.45) is 0 Å². The number of nitrogens with one attached hydrogen (secondary N) is 1. The monoisotopic (exact) mass is 490 g/mol. The molecule has 7 nitrogen and oxygen atoms in total. The highest BCUT2D eigenvalue weighted by Crippen LogP contribution is 2.44. The van der Waals surface area contributed by atoms with Crippen molar-refractivity contribution in [1.82, 2.24) is 10.2 Å². The summed E-state index contributed by atoms with van der Waals surface area (Å²) in [4.78, 5) is 37.3. The standard InChI is InChI=1S/C25H25F3N2O5/c1-30(24(22(32)33)11-6-12-24)21(31)13-20(25(26,27)28)29-23(34)35-14-19-17-9-4-2-7-15(17)16-8-3-5-10-18(16)19/h2-5,7-10,19-20H,6,11-14H2,1H3,(H,29,34)(H,32,33). The van der Waals surface area contributed by atoms with E-state index in [-0.39, 0.29) is 25.4 Å². The van der Waals surface area contributed by atoms with Crippen LogP contribution in [-0.4, -0.2) is 59.4 Å². The topological polar surface area (TPSA) is 95.9 Å². The number of ether oxygens (including phenoxy) is 1. The zero-order valence-electron chi connectivity index (χ0n) is 19.0. The second-order valence-corrected chi connectivity index (χ2v) is 8.91. The van der Waals surface area contributed by atoms with E-state index >= 15 is 0 Å². The van der Waals surface area contributed by atoms with Crippen LogP contribution < -0.4 is 5.32 Å². The Kier molecular flexibility index (Phi) is 6.48. The number of hydrogen-bond donors (Lipinski definition) is 2. The van der Waals surface area contributed by atoms with Gasteiger partial charge in [0.1, 0.15) is 18.2 Å². The predicted molar refractivity (Wildman–Crippen MR) is 120 cm³/mol. The Morgan fingerprint density at radius 2 is 1.63 bits per heavy atom. The van der Waals surface area contributed by atoms with Crippen molar-refractivity contribution in [3.8, 4) is 11.1 Å². The maximum absolute atomic E-state index is 13.6. The molecule has 1 fully saturated rings. The molecule has 0 radical (unpaired) electrons. The molecule has 0 aromatic heterocycles. The number of carbonyl (C=O) groups is 3. The van der Waals surface area contributed by atoms with Crippen molar-refractivity contribution in [2.45, 2.75) is 49.4 Å². The maximum atomic E-state index is 13.6. The second-order valence-electron chi connectivity index (χ2n) is 8.91. The molecule has 0 aliphatic heterocycles. The highest BCUT2D eigenvalue weighted by molar-refractivity contribution is 5.88. The van der Waals surface area contributed by atoms with Gasteiger partial charge in [0, 0.05) is 13.0 Å². The van der Waals surface area contributed by atoms with Crippen LogP contribution in [0.5, 0.6) is 0 Å². The smallest absolute Gasteiger partial charge is 0.409 e. The van der Waals surface area contributed by atoms with Gasteiger partial charge in [0.25, 0.3) is 0 Å². The molecule has 4 rings (SSSR count). The van der Waals surface area contributed by atoms with Crippen molar-refractivity contribution in [3.63, 3.8) is 0 Å². The number of rotatable bonds is 7. The summed E-state index contributed by atoms with van der Waals surface area (Å²) in [6.45, 7) is -0.180. The molecule has 1 saturated carbocycles. The molecule has 2 aliphatic carbocycles. The van der Waals surface area contributed by atoms with Crippen LogP contribution in [0, 0.1) is 0 Å². The first-order valence-corrected chi connectivity index (χ1v) is 11.2. The van der Waals surface area contributed by atoms with Crippen LogP contribution >= 0.6 is 0 Å². The minimum Gasteiger partial charge on any atom is -0.479 e. The van der Waals surface area contributed by atoms with Gasteiger partial charge in [-0.25, -0.2) is 9.59 Å². The lowest BCUT2D eigenvalue weighted by Crippen LogP contribution is -2.61. The van der Waals surface area contributed by atoms with Gasteiger partial charge in [0.2, 0.25) is 5.91 Å². The van der Waals surface area contributed by atoms with E-state index in [1.54, 1.807) is 5.32 Å². The normalized spacial score (nSPS) is 16.9. The summed E-state index contributed by atoms with van der Waals surface area (Å²) >= 11 is 0. The molecule has 2 aromatic carbocycles. The summed E-state index contributed by atoms with van der Waals surface area (Å²) in [7, 11) is 1.18. The minimum atomic E-state index is -4.93. The third-order valence-corrected chi connectivity index (χ3v) is 7.00. The molecule has 2 aliphatic rings. The first-order chi connectivity index (χ1) is 16.5. The molecule has 186 valence electrons. The van der Waals surface area contributed by atoms with Crippen LogP contribution in [-0.2, 0) is 14.3 Å². The Morgan fingerprint density at radius 3 is 2.09 bits per heavy atom. The van der Waals surface area contributed by atoms with Gasteiger partial charge in [0.05, 0.1) is 6.42 Å². The molecule has 1 unspecified atom stereocenters. The van der Waals surface area contributed by atoms with E-state index in [0.717, 1.165) is 27.2 Å². The predicted octanol–water partition coefficient (Wildman–Crippen LogP) is 4.31. The van der Waals surface area contributed by atoms with Crippen LogP contribution in [0.3, 0.4) is 0 Å².